The summed E-state index contributed by atoms with van der Waals surface area (Å²) < 4.78 is 0. The molecule has 1 aliphatic carbocycles. The van der Waals surface area contributed by atoms with Gasteiger partial charge in [-0.25, -0.2) is 0 Å². The summed E-state index contributed by atoms with van der Waals surface area (Å²) in [7, 11) is 0. The minimum atomic E-state index is 0.00479. The van der Waals surface area contributed by atoms with Crippen molar-refractivity contribution in [3.63, 3.8) is 0 Å². The van der Waals surface area contributed by atoms with E-state index in [9.17, 15) is 9.59 Å². The molecule has 1 aliphatic heterocycles. The van der Waals surface area contributed by atoms with Crippen molar-refractivity contribution < 1.29 is 9.59 Å². The van der Waals surface area contributed by atoms with Gasteiger partial charge in [-0.05, 0) is 43.7 Å². The van der Waals surface area contributed by atoms with E-state index in [4.69, 9.17) is 0 Å². The van der Waals surface area contributed by atoms with E-state index in [1.165, 1.54) is 32.1 Å². The lowest BCUT2D eigenvalue weighted by atomic mass is 9.86. The quantitative estimate of drug-likeness (QED) is 0.864. The van der Waals surface area contributed by atoms with E-state index >= 15 is 0 Å². The predicted octanol–water partition coefficient (Wildman–Crippen LogP) is 4.08. The maximum atomic E-state index is 12.5. The Kier molecular flexibility index (Phi) is 6.70. The molecule has 4 heteroatoms. The topological polar surface area (TPSA) is 49.4 Å². The van der Waals surface area contributed by atoms with Crippen LogP contribution in [0.15, 0.2) is 24.3 Å². The maximum absolute atomic E-state index is 12.5. The van der Waals surface area contributed by atoms with E-state index in [0.717, 1.165) is 49.4 Å². The van der Waals surface area contributed by atoms with Crippen molar-refractivity contribution in [3.8, 4) is 0 Å². The number of benzene rings is 1. The molecule has 0 aromatic heterocycles. The minimum absolute atomic E-state index is 0.00479. The highest BCUT2D eigenvalue weighted by Gasteiger charge is 2.25. The van der Waals surface area contributed by atoms with Crippen LogP contribution >= 0.6 is 0 Å². The number of carbonyl (C=O) groups is 2. The monoisotopic (exact) mass is 356 g/mol. The number of amides is 2. The molecule has 1 aromatic carbocycles. The number of likely N-dealkylation sites (tertiary alicyclic amines) is 1. The molecule has 1 aromatic rings. The third-order valence-corrected chi connectivity index (χ3v) is 6.06. The van der Waals surface area contributed by atoms with Gasteiger partial charge in [-0.2, -0.15) is 0 Å². The van der Waals surface area contributed by atoms with Gasteiger partial charge < -0.3 is 10.2 Å². The van der Waals surface area contributed by atoms with E-state index < -0.39 is 0 Å². The molecule has 0 bridgehead atoms. The molecule has 1 heterocycles. The fourth-order valence-electron chi connectivity index (χ4n) is 4.33. The molecule has 1 saturated heterocycles. The second-order valence-electron chi connectivity index (χ2n) is 7.99. The molecule has 0 unspecified atom stereocenters. The number of carbonyl (C=O) groups excluding carboxylic acids is 2. The SMILES string of the molecule is Cc1ccccc1C(=O)NC1CCN(C(=O)CCC2CCCCC2)CC1. The van der Waals surface area contributed by atoms with Crippen LogP contribution in [-0.2, 0) is 4.79 Å². The highest BCUT2D eigenvalue weighted by atomic mass is 16.2. The highest BCUT2D eigenvalue weighted by Crippen LogP contribution is 2.27. The molecule has 3 rings (SSSR count). The van der Waals surface area contributed by atoms with Crippen LogP contribution in [0.25, 0.3) is 0 Å². The average molecular weight is 357 g/mol. The van der Waals surface area contributed by atoms with E-state index in [0.29, 0.717) is 12.3 Å². The van der Waals surface area contributed by atoms with Crippen molar-refractivity contribution in [2.45, 2.75) is 70.8 Å². The molecule has 2 fully saturated rings. The summed E-state index contributed by atoms with van der Waals surface area (Å²) in [6, 6.07) is 7.85. The van der Waals surface area contributed by atoms with Crippen LogP contribution in [0.4, 0.5) is 0 Å². The number of piperidine rings is 1. The number of nitrogens with zero attached hydrogens (tertiary/aromatic N) is 1. The molecule has 0 spiro atoms. The molecular weight excluding hydrogens is 324 g/mol. The third-order valence-electron chi connectivity index (χ3n) is 6.06. The number of hydrogen-bond donors (Lipinski definition) is 1. The summed E-state index contributed by atoms with van der Waals surface area (Å²) in [5, 5.41) is 3.14. The van der Waals surface area contributed by atoms with Crippen molar-refractivity contribution in [2.75, 3.05) is 13.1 Å². The highest BCUT2D eigenvalue weighted by molar-refractivity contribution is 5.95. The summed E-state index contributed by atoms with van der Waals surface area (Å²) in [5.41, 5.74) is 1.75. The molecule has 142 valence electrons. The Labute approximate surface area is 157 Å². The van der Waals surface area contributed by atoms with Crippen LogP contribution in [0.5, 0.6) is 0 Å². The van der Waals surface area contributed by atoms with Crippen LogP contribution in [0.2, 0.25) is 0 Å². The number of hydrogen-bond acceptors (Lipinski definition) is 2. The zero-order chi connectivity index (χ0) is 18.4. The normalized spacial score (nSPS) is 19.3. The smallest absolute Gasteiger partial charge is 0.251 e. The van der Waals surface area contributed by atoms with Gasteiger partial charge in [-0.1, -0.05) is 50.3 Å². The van der Waals surface area contributed by atoms with E-state index in [-0.39, 0.29) is 11.9 Å². The Balaban J connectivity index is 1.40. The van der Waals surface area contributed by atoms with E-state index in [1.54, 1.807) is 0 Å². The first-order valence-corrected chi connectivity index (χ1v) is 10.3. The standard InChI is InChI=1S/C22H32N2O2/c1-17-7-5-6-10-20(17)22(26)23-19-13-15-24(16-14-19)21(25)12-11-18-8-3-2-4-9-18/h5-7,10,18-19H,2-4,8-9,11-16H2,1H3,(H,23,26). The van der Waals surface area contributed by atoms with Gasteiger partial charge in [0, 0.05) is 31.1 Å². The molecule has 2 aliphatic rings. The van der Waals surface area contributed by atoms with Crippen LogP contribution in [-0.4, -0.2) is 35.8 Å². The molecule has 2 amide bonds. The Hall–Kier alpha value is -1.84. The lowest BCUT2D eigenvalue weighted by Gasteiger charge is -2.33. The Morgan fingerprint density at radius 2 is 1.73 bits per heavy atom. The van der Waals surface area contributed by atoms with E-state index in [2.05, 4.69) is 5.32 Å². The summed E-state index contributed by atoms with van der Waals surface area (Å²) in [6.07, 6.45) is 10.1. The van der Waals surface area contributed by atoms with Gasteiger partial charge in [0.2, 0.25) is 5.91 Å². The van der Waals surface area contributed by atoms with E-state index in [1.807, 2.05) is 36.1 Å². The molecule has 0 atom stereocenters. The fraction of sp³-hybridized carbons (Fsp3) is 0.636. The lowest BCUT2D eigenvalue weighted by molar-refractivity contribution is -0.132. The largest absolute Gasteiger partial charge is 0.349 e. The Morgan fingerprint density at radius 1 is 1.04 bits per heavy atom. The van der Waals surface area contributed by atoms with Gasteiger partial charge >= 0.3 is 0 Å². The predicted molar refractivity (Wildman–Crippen MR) is 104 cm³/mol. The average Bonchev–Trinajstić information content (AvgIpc) is 2.68. The van der Waals surface area contributed by atoms with Crippen LogP contribution in [0, 0.1) is 12.8 Å². The van der Waals surface area contributed by atoms with Gasteiger partial charge in [0.1, 0.15) is 0 Å². The lowest BCUT2D eigenvalue weighted by Crippen LogP contribution is -2.46. The first kappa shape index (κ1) is 18.9. The summed E-state index contributed by atoms with van der Waals surface area (Å²) in [6.45, 7) is 3.49. The third kappa shape index (κ3) is 5.09. The Morgan fingerprint density at radius 3 is 2.42 bits per heavy atom. The minimum Gasteiger partial charge on any atom is -0.349 e. The number of aryl methyl sites for hydroxylation is 1. The fourth-order valence-corrected chi connectivity index (χ4v) is 4.33. The van der Waals surface area contributed by atoms with Gasteiger partial charge in [-0.3, -0.25) is 9.59 Å². The van der Waals surface area contributed by atoms with Crippen molar-refractivity contribution >= 4 is 11.8 Å². The maximum Gasteiger partial charge on any atom is 0.251 e. The van der Waals surface area contributed by atoms with Gasteiger partial charge in [0.25, 0.3) is 5.91 Å². The van der Waals surface area contributed by atoms with Crippen LogP contribution in [0.3, 0.4) is 0 Å². The second-order valence-corrected chi connectivity index (χ2v) is 7.99. The molecule has 26 heavy (non-hydrogen) atoms. The van der Waals surface area contributed by atoms with Crippen molar-refractivity contribution in [3.05, 3.63) is 35.4 Å². The van der Waals surface area contributed by atoms with Crippen LogP contribution in [0.1, 0.15) is 73.7 Å². The number of nitrogens with one attached hydrogen (secondary N) is 1. The zero-order valence-electron chi connectivity index (χ0n) is 16.0. The summed E-state index contributed by atoms with van der Waals surface area (Å²) >= 11 is 0. The van der Waals surface area contributed by atoms with Crippen LogP contribution < -0.4 is 5.32 Å². The van der Waals surface area contributed by atoms with Crippen molar-refractivity contribution in [2.24, 2.45) is 5.92 Å². The first-order chi connectivity index (χ1) is 12.6. The van der Waals surface area contributed by atoms with Crippen molar-refractivity contribution in [1.29, 1.82) is 0 Å². The molecule has 1 saturated carbocycles. The summed E-state index contributed by atoms with van der Waals surface area (Å²) in [4.78, 5) is 26.9. The van der Waals surface area contributed by atoms with Gasteiger partial charge in [0.05, 0.1) is 0 Å². The molecular formula is C22H32N2O2. The molecule has 4 nitrogen and oxygen atoms in total. The van der Waals surface area contributed by atoms with Gasteiger partial charge in [-0.15, -0.1) is 0 Å². The van der Waals surface area contributed by atoms with Gasteiger partial charge in [0.15, 0.2) is 0 Å². The first-order valence-electron chi connectivity index (χ1n) is 10.3. The molecule has 1 N–H and O–H groups in total. The zero-order valence-corrected chi connectivity index (χ0v) is 16.0. The Bertz CT molecular complexity index is 614. The summed E-state index contributed by atoms with van der Waals surface area (Å²) in [5.74, 6) is 1.07. The molecule has 0 radical (unpaired) electrons. The van der Waals surface area contributed by atoms with Crippen molar-refractivity contribution in [1.82, 2.24) is 10.2 Å². The number of rotatable bonds is 5. The second kappa shape index (κ2) is 9.20.